The second kappa shape index (κ2) is 9.75. The Morgan fingerprint density at radius 2 is 2.03 bits per heavy atom. The number of rotatable bonds is 7. The van der Waals surface area contributed by atoms with E-state index in [1.165, 1.54) is 22.9 Å². The zero-order chi connectivity index (χ0) is 21.8. The van der Waals surface area contributed by atoms with Crippen LogP contribution in [0.25, 0.3) is 0 Å². The van der Waals surface area contributed by atoms with Crippen molar-refractivity contribution >= 4 is 29.3 Å². The molecule has 6 nitrogen and oxygen atoms in total. The molecule has 0 fully saturated rings. The molecule has 0 saturated heterocycles. The summed E-state index contributed by atoms with van der Waals surface area (Å²) in [7, 11) is 1.88. The zero-order valence-corrected chi connectivity index (χ0v) is 19.1. The average Bonchev–Trinajstić information content (AvgIpc) is 3.12. The number of benzene rings is 2. The molecular weight excluding hydrogens is 432 g/mol. The van der Waals surface area contributed by atoms with Crippen molar-refractivity contribution in [3.63, 3.8) is 0 Å². The first-order valence-electron chi connectivity index (χ1n) is 10.3. The number of amides is 1. The maximum Gasteiger partial charge on any atom is 0.233 e. The van der Waals surface area contributed by atoms with Gasteiger partial charge in [0.15, 0.2) is 11.0 Å². The predicted molar refractivity (Wildman–Crippen MR) is 122 cm³/mol. The van der Waals surface area contributed by atoms with Crippen LogP contribution in [0, 0.1) is 0 Å². The van der Waals surface area contributed by atoms with Gasteiger partial charge in [-0.15, -0.1) is 10.2 Å². The fourth-order valence-corrected chi connectivity index (χ4v) is 4.63. The van der Waals surface area contributed by atoms with E-state index in [0.29, 0.717) is 21.8 Å². The Bertz CT molecular complexity index is 1050. The molecule has 1 aromatic heterocycles. The summed E-state index contributed by atoms with van der Waals surface area (Å²) in [6, 6.07) is 15.6. The minimum atomic E-state index is -0.290. The molecular formula is C23H25ClN4O2S. The minimum absolute atomic E-state index is 0.00803. The van der Waals surface area contributed by atoms with Crippen molar-refractivity contribution < 1.29 is 9.53 Å². The summed E-state index contributed by atoms with van der Waals surface area (Å²) in [4.78, 5) is 12.9. The number of hydrogen-bond donors (Lipinski definition) is 1. The molecule has 0 spiro atoms. The van der Waals surface area contributed by atoms with Crippen LogP contribution in [0.2, 0.25) is 5.02 Å². The molecule has 2 atom stereocenters. The molecule has 1 heterocycles. The molecule has 1 aliphatic rings. The number of fused-ring (bicyclic) bond motifs is 1. The van der Waals surface area contributed by atoms with Gasteiger partial charge in [0, 0.05) is 12.1 Å². The van der Waals surface area contributed by atoms with Crippen LogP contribution >= 0.6 is 23.4 Å². The normalized spacial score (nSPS) is 16.4. The number of hydrogen-bond acceptors (Lipinski definition) is 5. The quantitative estimate of drug-likeness (QED) is 0.521. The lowest BCUT2D eigenvalue weighted by molar-refractivity contribution is -0.121. The number of thioether (sulfide) groups is 1. The molecule has 0 bridgehead atoms. The molecule has 4 rings (SSSR count). The lowest BCUT2D eigenvalue weighted by Crippen LogP contribution is -2.36. The Morgan fingerprint density at radius 3 is 2.84 bits per heavy atom. The highest BCUT2D eigenvalue weighted by molar-refractivity contribution is 8.00. The molecule has 8 heteroatoms. The molecule has 0 aliphatic heterocycles. The number of nitrogens with zero attached hydrogens (tertiary/aromatic N) is 3. The third kappa shape index (κ3) is 5.22. The summed E-state index contributed by atoms with van der Waals surface area (Å²) in [5, 5.41) is 12.7. The van der Waals surface area contributed by atoms with Crippen LogP contribution in [0.15, 0.2) is 53.7 Å². The van der Waals surface area contributed by atoms with Crippen LogP contribution in [0.3, 0.4) is 0 Å². The number of aryl methyl sites for hydroxylation is 1. The summed E-state index contributed by atoms with van der Waals surface area (Å²) < 4.78 is 7.62. The van der Waals surface area contributed by atoms with Gasteiger partial charge in [-0.1, -0.05) is 47.6 Å². The standard InChI is InChI=1S/C23H25ClN4O2S/c1-15(22(29)25-20-9-5-7-16-6-3-4-8-19(16)20)31-23-27-26-21(28(23)2)14-30-18-12-10-17(24)11-13-18/h3-4,6,8,10-13,15,20H,5,7,9,14H2,1-2H3,(H,25,29). The number of aromatic nitrogens is 3. The highest BCUT2D eigenvalue weighted by Gasteiger charge is 2.25. The Labute approximate surface area is 191 Å². The van der Waals surface area contributed by atoms with Gasteiger partial charge in [-0.05, 0) is 61.6 Å². The summed E-state index contributed by atoms with van der Waals surface area (Å²) in [6.45, 7) is 2.18. The maximum atomic E-state index is 12.9. The Morgan fingerprint density at radius 1 is 1.26 bits per heavy atom. The highest BCUT2D eigenvalue weighted by Crippen LogP contribution is 2.30. The van der Waals surface area contributed by atoms with E-state index in [4.69, 9.17) is 16.3 Å². The molecule has 0 radical (unpaired) electrons. The third-order valence-corrected chi connectivity index (χ3v) is 6.83. The predicted octanol–water partition coefficient (Wildman–Crippen LogP) is 4.72. The van der Waals surface area contributed by atoms with Crippen molar-refractivity contribution in [2.45, 2.75) is 49.2 Å². The monoisotopic (exact) mass is 456 g/mol. The molecule has 162 valence electrons. The molecule has 3 aromatic rings. The molecule has 2 unspecified atom stereocenters. The van der Waals surface area contributed by atoms with Crippen molar-refractivity contribution in [1.82, 2.24) is 20.1 Å². The molecule has 31 heavy (non-hydrogen) atoms. The second-order valence-electron chi connectivity index (χ2n) is 7.61. The second-order valence-corrected chi connectivity index (χ2v) is 9.36. The van der Waals surface area contributed by atoms with Crippen LogP contribution in [0.1, 0.15) is 42.8 Å². The number of carbonyl (C=O) groups is 1. The van der Waals surface area contributed by atoms with Crippen LogP contribution < -0.4 is 10.1 Å². The highest BCUT2D eigenvalue weighted by atomic mass is 35.5. The van der Waals surface area contributed by atoms with Gasteiger partial charge in [0.2, 0.25) is 5.91 Å². The molecule has 2 aromatic carbocycles. The van der Waals surface area contributed by atoms with Crippen molar-refractivity contribution in [2.75, 3.05) is 0 Å². The number of nitrogens with one attached hydrogen (secondary N) is 1. The van der Waals surface area contributed by atoms with Gasteiger partial charge < -0.3 is 14.6 Å². The number of halogens is 1. The Hall–Kier alpha value is -2.51. The van der Waals surface area contributed by atoms with Gasteiger partial charge in [-0.2, -0.15) is 0 Å². The van der Waals surface area contributed by atoms with E-state index in [1.807, 2.05) is 36.7 Å². The van der Waals surface area contributed by atoms with E-state index >= 15 is 0 Å². The van der Waals surface area contributed by atoms with E-state index < -0.39 is 0 Å². The van der Waals surface area contributed by atoms with E-state index in [0.717, 1.165) is 19.3 Å². The van der Waals surface area contributed by atoms with Crippen LogP contribution in [0.5, 0.6) is 5.75 Å². The average molecular weight is 457 g/mol. The third-order valence-electron chi connectivity index (χ3n) is 5.44. The summed E-state index contributed by atoms with van der Waals surface area (Å²) in [5.74, 6) is 1.40. The van der Waals surface area contributed by atoms with Gasteiger partial charge in [0.1, 0.15) is 12.4 Å². The lowest BCUT2D eigenvalue weighted by atomic mass is 9.88. The fraction of sp³-hybridized carbons (Fsp3) is 0.348. The first kappa shape index (κ1) is 21.7. The maximum absolute atomic E-state index is 12.9. The largest absolute Gasteiger partial charge is 0.486 e. The van der Waals surface area contributed by atoms with Crippen molar-refractivity contribution in [1.29, 1.82) is 0 Å². The first-order chi connectivity index (χ1) is 15.0. The van der Waals surface area contributed by atoms with Crippen LogP contribution in [-0.2, 0) is 24.9 Å². The zero-order valence-electron chi connectivity index (χ0n) is 17.5. The minimum Gasteiger partial charge on any atom is -0.486 e. The van der Waals surface area contributed by atoms with Crippen LogP contribution in [0.4, 0.5) is 0 Å². The Kier molecular flexibility index (Phi) is 6.83. The topological polar surface area (TPSA) is 69.0 Å². The van der Waals surface area contributed by atoms with Gasteiger partial charge in [-0.25, -0.2) is 0 Å². The fourth-order valence-electron chi connectivity index (χ4n) is 3.66. The van der Waals surface area contributed by atoms with Crippen molar-refractivity contribution in [3.05, 3.63) is 70.5 Å². The summed E-state index contributed by atoms with van der Waals surface area (Å²) in [6.07, 6.45) is 3.13. The summed E-state index contributed by atoms with van der Waals surface area (Å²) >= 11 is 7.30. The van der Waals surface area contributed by atoms with Gasteiger partial charge in [0.25, 0.3) is 0 Å². The SMILES string of the molecule is CC(Sc1nnc(COc2ccc(Cl)cc2)n1C)C(=O)NC1CCCc2ccccc21. The van der Waals surface area contributed by atoms with Crippen LogP contribution in [-0.4, -0.2) is 25.9 Å². The van der Waals surface area contributed by atoms with Gasteiger partial charge >= 0.3 is 0 Å². The smallest absolute Gasteiger partial charge is 0.233 e. The van der Waals surface area contributed by atoms with E-state index in [9.17, 15) is 4.79 Å². The molecule has 1 N–H and O–H groups in total. The molecule has 1 amide bonds. The van der Waals surface area contributed by atoms with Crippen molar-refractivity contribution in [2.24, 2.45) is 7.05 Å². The summed E-state index contributed by atoms with van der Waals surface area (Å²) in [5.41, 5.74) is 2.57. The van der Waals surface area contributed by atoms with Crippen molar-refractivity contribution in [3.8, 4) is 5.75 Å². The molecule has 1 aliphatic carbocycles. The van der Waals surface area contributed by atoms with Gasteiger partial charge in [0.05, 0.1) is 11.3 Å². The lowest BCUT2D eigenvalue weighted by Gasteiger charge is -2.27. The first-order valence-corrected chi connectivity index (χ1v) is 11.6. The number of carbonyl (C=O) groups excluding carboxylic acids is 1. The van der Waals surface area contributed by atoms with Gasteiger partial charge in [-0.3, -0.25) is 4.79 Å². The van der Waals surface area contributed by atoms with E-state index in [2.05, 4.69) is 33.7 Å². The number of ether oxygens (including phenoxy) is 1. The van der Waals surface area contributed by atoms with E-state index in [1.54, 1.807) is 12.1 Å². The molecule has 0 saturated carbocycles. The Balaban J connectivity index is 1.35. The van der Waals surface area contributed by atoms with E-state index in [-0.39, 0.29) is 23.8 Å².